The van der Waals surface area contributed by atoms with E-state index in [2.05, 4.69) is 0 Å². The van der Waals surface area contributed by atoms with Crippen molar-refractivity contribution in [3.63, 3.8) is 0 Å². The lowest BCUT2D eigenvalue weighted by atomic mass is 10.2. The van der Waals surface area contributed by atoms with Crippen LogP contribution in [0.4, 0.5) is 13.8 Å². The molecule has 0 bridgehead atoms. The first-order valence-corrected chi connectivity index (χ1v) is 11.7. The molecule has 0 aliphatic heterocycles. The molecule has 160 valence electrons. The van der Waals surface area contributed by atoms with Crippen molar-refractivity contribution < 1.29 is 21.9 Å². The van der Waals surface area contributed by atoms with Gasteiger partial charge < -0.3 is 4.74 Å². The maximum atomic E-state index is 13.8. The van der Waals surface area contributed by atoms with Gasteiger partial charge in [-0.15, -0.1) is 11.3 Å². The number of ether oxygens (including phenoxy) is 1. The highest BCUT2D eigenvalue weighted by Crippen LogP contribution is 2.47. The molecule has 4 aromatic rings. The number of hydrogen-bond acceptors (Lipinski definition) is 4. The highest BCUT2D eigenvalue weighted by molar-refractivity contribution is 7.93. The summed E-state index contributed by atoms with van der Waals surface area (Å²) in [7, 11) is -2.55. The number of rotatable bonds is 6. The Kier molecular flexibility index (Phi) is 5.88. The molecular formula is C22H16ClF2NO3S2. The number of methoxy groups -OCH3 is 1. The van der Waals surface area contributed by atoms with Gasteiger partial charge in [-0.3, -0.25) is 4.31 Å². The molecule has 0 fully saturated rings. The van der Waals surface area contributed by atoms with Crippen LogP contribution < -0.4 is 9.04 Å². The Bertz CT molecular complexity index is 1360. The molecule has 1 heterocycles. The second-order valence-corrected chi connectivity index (χ2v) is 9.87. The molecule has 0 unspecified atom stereocenters. The number of sulfonamides is 1. The van der Waals surface area contributed by atoms with Gasteiger partial charge in [0.05, 0.1) is 28.3 Å². The van der Waals surface area contributed by atoms with Gasteiger partial charge in [-0.2, -0.15) is 0 Å². The third kappa shape index (κ3) is 3.98. The molecular weight excluding hydrogens is 464 g/mol. The van der Waals surface area contributed by atoms with Crippen molar-refractivity contribution in [3.8, 4) is 5.75 Å². The van der Waals surface area contributed by atoms with E-state index in [0.717, 1.165) is 27.8 Å². The van der Waals surface area contributed by atoms with Crippen LogP contribution in [0.1, 0.15) is 5.56 Å². The highest BCUT2D eigenvalue weighted by atomic mass is 35.5. The number of benzene rings is 3. The van der Waals surface area contributed by atoms with Crippen molar-refractivity contribution in [1.82, 2.24) is 0 Å². The molecule has 9 heteroatoms. The third-order valence-electron chi connectivity index (χ3n) is 4.69. The van der Waals surface area contributed by atoms with E-state index in [-0.39, 0.29) is 27.0 Å². The molecule has 0 saturated carbocycles. The van der Waals surface area contributed by atoms with Gasteiger partial charge >= 0.3 is 0 Å². The third-order valence-corrected chi connectivity index (χ3v) is 8.30. The van der Waals surface area contributed by atoms with Gasteiger partial charge in [-0.1, -0.05) is 48.0 Å². The summed E-state index contributed by atoms with van der Waals surface area (Å²) in [6.45, 7) is -0.233. The SMILES string of the molecule is COc1cccc2c(Cl)c(N(Cc3ccc(F)c(F)c3)S(=O)(=O)c3ccccc3)sc12. The molecule has 0 atom stereocenters. The Hall–Kier alpha value is -2.68. The summed E-state index contributed by atoms with van der Waals surface area (Å²) in [5.74, 6) is -1.51. The topological polar surface area (TPSA) is 46.6 Å². The minimum atomic E-state index is -4.06. The minimum Gasteiger partial charge on any atom is -0.495 e. The van der Waals surface area contributed by atoms with Crippen LogP contribution in [0.25, 0.3) is 10.1 Å². The lowest BCUT2D eigenvalue weighted by Crippen LogP contribution is -2.30. The van der Waals surface area contributed by atoms with E-state index >= 15 is 0 Å². The Morgan fingerprint density at radius 2 is 1.74 bits per heavy atom. The van der Waals surface area contributed by atoms with Gasteiger partial charge in [0.15, 0.2) is 11.6 Å². The Labute approximate surface area is 187 Å². The van der Waals surface area contributed by atoms with Gasteiger partial charge in [0, 0.05) is 5.39 Å². The average Bonchev–Trinajstić information content (AvgIpc) is 3.11. The van der Waals surface area contributed by atoms with E-state index in [1.165, 1.54) is 25.3 Å². The summed E-state index contributed by atoms with van der Waals surface area (Å²) >= 11 is 7.77. The summed E-state index contributed by atoms with van der Waals surface area (Å²) in [5.41, 5.74) is 0.277. The van der Waals surface area contributed by atoms with Crippen LogP contribution in [-0.4, -0.2) is 15.5 Å². The van der Waals surface area contributed by atoms with Gasteiger partial charge in [-0.05, 0) is 35.9 Å². The molecule has 0 radical (unpaired) electrons. The Morgan fingerprint density at radius 1 is 1.00 bits per heavy atom. The predicted molar refractivity (Wildman–Crippen MR) is 120 cm³/mol. The fourth-order valence-electron chi connectivity index (χ4n) is 3.16. The van der Waals surface area contributed by atoms with Gasteiger partial charge in [0.25, 0.3) is 10.0 Å². The number of nitrogens with zero attached hydrogens (tertiary/aromatic N) is 1. The molecule has 3 aromatic carbocycles. The second kappa shape index (κ2) is 8.45. The second-order valence-electron chi connectivity index (χ2n) is 6.63. The lowest BCUT2D eigenvalue weighted by Gasteiger charge is -2.23. The number of hydrogen-bond donors (Lipinski definition) is 0. The molecule has 4 rings (SSSR count). The number of fused-ring (bicyclic) bond motifs is 1. The quantitative estimate of drug-likeness (QED) is 0.329. The maximum absolute atomic E-state index is 13.8. The van der Waals surface area contributed by atoms with Crippen molar-refractivity contribution in [2.75, 3.05) is 11.4 Å². The summed E-state index contributed by atoms with van der Waals surface area (Å²) in [6, 6.07) is 16.4. The van der Waals surface area contributed by atoms with Crippen LogP contribution >= 0.6 is 22.9 Å². The number of halogens is 3. The molecule has 31 heavy (non-hydrogen) atoms. The van der Waals surface area contributed by atoms with Crippen molar-refractivity contribution in [2.45, 2.75) is 11.4 Å². The lowest BCUT2D eigenvalue weighted by molar-refractivity contribution is 0.420. The van der Waals surface area contributed by atoms with Crippen LogP contribution in [0.5, 0.6) is 5.75 Å². The summed E-state index contributed by atoms with van der Waals surface area (Å²) in [5, 5.41) is 1.13. The first-order chi connectivity index (χ1) is 14.8. The van der Waals surface area contributed by atoms with E-state index in [9.17, 15) is 17.2 Å². The molecule has 0 N–H and O–H groups in total. The van der Waals surface area contributed by atoms with Crippen LogP contribution in [-0.2, 0) is 16.6 Å². The van der Waals surface area contributed by atoms with Crippen LogP contribution in [0.3, 0.4) is 0 Å². The molecule has 4 nitrogen and oxygen atoms in total. The van der Waals surface area contributed by atoms with Gasteiger partial charge in [0.2, 0.25) is 0 Å². The summed E-state index contributed by atoms with van der Waals surface area (Å²) < 4.78 is 61.5. The minimum absolute atomic E-state index is 0.0538. The zero-order valence-electron chi connectivity index (χ0n) is 16.2. The van der Waals surface area contributed by atoms with E-state index in [1.807, 2.05) is 0 Å². The van der Waals surface area contributed by atoms with Gasteiger partial charge in [0.1, 0.15) is 10.8 Å². The molecule has 1 aromatic heterocycles. The molecule has 0 saturated heterocycles. The Morgan fingerprint density at radius 3 is 2.42 bits per heavy atom. The zero-order valence-corrected chi connectivity index (χ0v) is 18.6. The fraction of sp³-hybridized carbons (Fsp3) is 0.0909. The normalized spacial score (nSPS) is 11.6. The summed E-state index contributed by atoms with van der Waals surface area (Å²) in [4.78, 5) is 0.0538. The Balaban J connectivity index is 1.91. The van der Waals surface area contributed by atoms with Crippen molar-refractivity contribution >= 4 is 48.0 Å². The van der Waals surface area contributed by atoms with Crippen molar-refractivity contribution in [1.29, 1.82) is 0 Å². The fourth-order valence-corrected chi connectivity index (χ4v) is 6.52. The van der Waals surface area contributed by atoms with E-state index in [0.29, 0.717) is 15.8 Å². The average molecular weight is 480 g/mol. The largest absolute Gasteiger partial charge is 0.495 e. The van der Waals surface area contributed by atoms with Crippen LogP contribution in [0.15, 0.2) is 71.6 Å². The molecule has 0 spiro atoms. The van der Waals surface area contributed by atoms with Crippen molar-refractivity contribution in [2.24, 2.45) is 0 Å². The number of anilines is 1. The highest BCUT2D eigenvalue weighted by Gasteiger charge is 2.30. The zero-order chi connectivity index (χ0) is 22.2. The molecule has 0 aliphatic carbocycles. The van der Waals surface area contributed by atoms with E-state index in [4.69, 9.17) is 16.3 Å². The molecule has 0 amide bonds. The van der Waals surface area contributed by atoms with E-state index < -0.39 is 21.7 Å². The monoisotopic (exact) mass is 479 g/mol. The first-order valence-electron chi connectivity index (χ1n) is 9.09. The predicted octanol–water partition coefficient (Wildman–Crippen LogP) is 6.24. The van der Waals surface area contributed by atoms with Gasteiger partial charge in [-0.25, -0.2) is 17.2 Å². The van der Waals surface area contributed by atoms with Crippen LogP contribution in [0, 0.1) is 11.6 Å². The smallest absolute Gasteiger partial charge is 0.265 e. The molecule has 0 aliphatic rings. The van der Waals surface area contributed by atoms with Crippen LogP contribution in [0.2, 0.25) is 5.02 Å². The standard InChI is InChI=1S/C22H16ClF2NO3S2/c1-29-19-9-5-8-16-20(23)22(30-21(16)19)26(13-14-10-11-17(24)18(25)12-14)31(27,28)15-6-3-2-4-7-15/h2-12H,13H2,1H3. The number of thiophene rings is 1. The summed E-state index contributed by atoms with van der Waals surface area (Å²) in [6.07, 6.45) is 0. The van der Waals surface area contributed by atoms with E-state index in [1.54, 1.807) is 36.4 Å². The van der Waals surface area contributed by atoms with Crippen molar-refractivity contribution in [3.05, 3.63) is 89.0 Å². The maximum Gasteiger partial charge on any atom is 0.265 e. The first kappa shape index (κ1) is 21.5.